The van der Waals surface area contributed by atoms with Crippen molar-refractivity contribution in [2.45, 2.75) is 26.2 Å². The molecule has 0 aliphatic heterocycles. The third-order valence-corrected chi connectivity index (χ3v) is 4.78. The van der Waals surface area contributed by atoms with Crippen LogP contribution in [0.1, 0.15) is 31.7 Å². The fourth-order valence-electron chi connectivity index (χ4n) is 2.81. The normalized spacial score (nSPS) is 11.1. The van der Waals surface area contributed by atoms with Crippen molar-refractivity contribution in [3.8, 4) is 17.1 Å². The molecule has 0 bridgehead atoms. The molecule has 7 heteroatoms. The lowest BCUT2D eigenvalue weighted by atomic mass is 10.2. The van der Waals surface area contributed by atoms with E-state index in [1.165, 1.54) is 12.8 Å². The molecule has 152 valence electrons. The van der Waals surface area contributed by atoms with E-state index in [2.05, 4.69) is 27.1 Å². The summed E-state index contributed by atoms with van der Waals surface area (Å²) in [5, 5.41) is 11.7. The number of aromatic nitrogens is 3. The van der Waals surface area contributed by atoms with Crippen molar-refractivity contribution in [1.82, 2.24) is 14.9 Å². The first kappa shape index (κ1) is 20.8. The van der Waals surface area contributed by atoms with Gasteiger partial charge in [-0.05, 0) is 72.7 Å². The van der Waals surface area contributed by atoms with Gasteiger partial charge in [0, 0.05) is 25.3 Å². The number of hydrogen-bond acceptors (Lipinski definition) is 5. The van der Waals surface area contributed by atoms with E-state index in [0.29, 0.717) is 10.6 Å². The number of unbranched alkanes of at least 4 members (excludes halogenated alkanes) is 2. The van der Waals surface area contributed by atoms with Crippen LogP contribution >= 0.6 is 12.2 Å². The zero-order valence-corrected chi connectivity index (χ0v) is 17.9. The van der Waals surface area contributed by atoms with Crippen LogP contribution in [-0.4, -0.2) is 41.8 Å². The van der Waals surface area contributed by atoms with E-state index in [9.17, 15) is 0 Å². The summed E-state index contributed by atoms with van der Waals surface area (Å²) < 4.78 is 7.83. The predicted molar refractivity (Wildman–Crippen MR) is 122 cm³/mol. The highest BCUT2D eigenvalue weighted by atomic mass is 32.1. The van der Waals surface area contributed by atoms with Crippen molar-refractivity contribution in [2.24, 2.45) is 5.10 Å². The van der Waals surface area contributed by atoms with E-state index in [1.807, 2.05) is 62.6 Å². The quantitative estimate of drug-likeness (QED) is 0.303. The Bertz CT molecular complexity index is 987. The number of rotatable bonds is 9. The Morgan fingerprint density at radius 3 is 2.48 bits per heavy atom. The van der Waals surface area contributed by atoms with Crippen LogP contribution in [-0.2, 0) is 0 Å². The largest absolute Gasteiger partial charge is 0.494 e. The van der Waals surface area contributed by atoms with Crippen LogP contribution in [0.15, 0.2) is 53.6 Å². The van der Waals surface area contributed by atoms with Crippen LogP contribution in [0.25, 0.3) is 11.4 Å². The lowest BCUT2D eigenvalue weighted by Gasteiger charge is -2.12. The van der Waals surface area contributed by atoms with Crippen LogP contribution < -0.4 is 9.64 Å². The maximum Gasteiger partial charge on any atom is 0.216 e. The Morgan fingerprint density at radius 1 is 1.10 bits per heavy atom. The van der Waals surface area contributed by atoms with Gasteiger partial charge in [-0.25, -0.2) is 5.10 Å². The van der Waals surface area contributed by atoms with Crippen LogP contribution in [0.2, 0.25) is 0 Å². The van der Waals surface area contributed by atoms with Gasteiger partial charge < -0.3 is 9.64 Å². The van der Waals surface area contributed by atoms with Gasteiger partial charge in [0.05, 0.1) is 12.8 Å². The van der Waals surface area contributed by atoms with E-state index in [-0.39, 0.29) is 0 Å². The lowest BCUT2D eigenvalue weighted by Crippen LogP contribution is -2.08. The average Bonchev–Trinajstić information content (AvgIpc) is 3.11. The number of nitrogens with zero attached hydrogens (tertiary/aromatic N) is 4. The molecule has 0 spiro atoms. The van der Waals surface area contributed by atoms with Crippen molar-refractivity contribution >= 4 is 24.1 Å². The fourth-order valence-corrected chi connectivity index (χ4v) is 2.99. The molecule has 0 aliphatic carbocycles. The molecule has 0 unspecified atom stereocenters. The highest BCUT2D eigenvalue weighted by Gasteiger charge is 2.08. The van der Waals surface area contributed by atoms with Gasteiger partial charge in [-0.15, -0.1) is 0 Å². The Labute approximate surface area is 176 Å². The van der Waals surface area contributed by atoms with Crippen molar-refractivity contribution in [2.75, 3.05) is 25.6 Å². The van der Waals surface area contributed by atoms with Gasteiger partial charge in [0.25, 0.3) is 0 Å². The van der Waals surface area contributed by atoms with E-state index in [4.69, 9.17) is 17.0 Å². The molecule has 1 heterocycles. The van der Waals surface area contributed by atoms with Gasteiger partial charge in [0.2, 0.25) is 4.77 Å². The SMILES string of the molecule is CCCCCOc1ccc(C=Nn2c(-c3ccc(N(C)C)cc3)n[nH]c2=S)cc1. The van der Waals surface area contributed by atoms with E-state index < -0.39 is 0 Å². The first-order chi connectivity index (χ1) is 14.1. The topological polar surface area (TPSA) is 58.4 Å². The van der Waals surface area contributed by atoms with E-state index >= 15 is 0 Å². The molecular formula is C22H27N5OS. The minimum atomic E-state index is 0.448. The van der Waals surface area contributed by atoms with Crippen molar-refractivity contribution in [3.05, 3.63) is 58.9 Å². The molecule has 0 saturated carbocycles. The molecule has 2 aromatic carbocycles. The Morgan fingerprint density at radius 2 is 1.83 bits per heavy atom. The fraction of sp³-hybridized carbons (Fsp3) is 0.318. The molecule has 0 fully saturated rings. The molecule has 3 rings (SSSR count). The minimum absolute atomic E-state index is 0.448. The summed E-state index contributed by atoms with van der Waals surface area (Å²) in [6.45, 7) is 2.94. The molecular weight excluding hydrogens is 382 g/mol. The smallest absolute Gasteiger partial charge is 0.216 e. The summed E-state index contributed by atoms with van der Waals surface area (Å²) in [7, 11) is 4.02. The van der Waals surface area contributed by atoms with Gasteiger partial charge in [0.1, 0.15) is 5.75 Å². The van der Waals surface area contributed by atoms with Crippen LogP contribution in [0, 0.1) is 4.77 Å². The summed E-state index contributed by atoms with van der Waals surface area (Å²) >= 11 is 5.35. The monoisotopic (exact) mass is 409 g/mol. The molecule has 1 N–H and O–H groups in total. The summed E-state index contributed by atoms with van der Waals surface area (Å²) in [5.41, 5.74) is 3.02. The molecule has 0 radical (unpaired) electrons. The maximum atomic E-state index is 5.75. The van der Waals surface area contributed by atoms with Crippen LogP contribution in [0.5, 0.6) is 5.75 Å². The molecule has 0 amide bonds. The molecule has 6 nitrogen and oxygen atoms in total. The lowest BCUT2D eigenvalue weighted by molar-refractivity contribution is 0.306. The zero-order chi connectivity index (χ0) is 20.6. The van der Waals surface area contributed by atoms with Crippen LogP contribution in [0.4, 0.5) is 5.69 Å². The van der Waals surface area contributed by atoms with E-state index in [0.717, 1.165) is 35.6 Å². The van der Waals surface area contributed by atoms with Gasteiger partial charge >= 0.3 is 0 Å². The van der Waals surface area contributed by atoms with Gasteiger partial charge in [-0.1, -0.05) is 19.8 Å². The third kappa shape index (κ3) is 5.54. The highest BCUT2D eigenvalue weighted by Crippen LogP contribution is 2.21. The summed E-state index contributed by atoms with van der Waals surface area (Å²) in [5.74, 6) is 1.55. The average molecular weight is 410 g/mol. The Balaban J connectivity index is 1.72. The van der Waals surface area contributed by atoms with Crippen molar-refractivity contribution in [3.63, 3.8) is 0 Å². The van der Waals surface area contributed by atoms with Gasteiger partial charge in [-0.2, -0.15) is 14.9 Å². The molecule has 1 aromatic heterocycles. The molecule has 0 aliphatic rings. The summed E-state index contributed by atoms with van der Waals surface area (Å²) in [6, 6.07) is 16.0. The molecule has 0 saturated heterocycles. The second kappa shape index (κ2) is 10.0. The zero-order valence-electron chi connectivity index (χ0n) is 17.1. The summed E-state index contributed by atoms with van der Waals surface area (Å²) in [4.78, 5) is 2.05. The number of anilines is 1. The highest BCUT2D eigenvalue weighted by molar-refractivity contribution is 7.71. The first-order valence-electron chi connectivity index (χ1n) is 9.81. The molecule has 29 heavy (non-hydrogen) atoms. The summed E-state index contributed by atoms with van der Waals surface area (Å²) in [6.07, 6.45) is 5.23. The predicted octanol–water partition coefficient (Wildman–Crippen LogP) is 5.12. The van der Waals surface area contributed by atoms with Gasteiger partial charge in [-0.3, -0.25) is 0 Å². The van der Waals surface area contributed by atoms with E-state index in [1.54, 1.807) is 10.9 Å². The number of ether oxygens (including phenoxy) is 1. The third-order valence-electron chi connectivity index (χ3n) is 4.51. The first-order valence-corrected chi connectivity index (χ1v) is 10.2. The Hall–Kier alpha value is -2.93. The van der Waals surface area contributed by atoms with Crippen molar-refractivity contribution in [1.29, 1.82) is 0 Å². The molecule has 3 aromatic rings. The van der Waals surface area contributed by atoms with Gasteiger partial charge in [0.15, 0.2) is 5.82 Å². The number of aromatic amines is 1. The second-order valence-corrected chi connectivity index (χ2v) is 7.36. The molecule has 0 atom stereocenters. The maximum absolute atomic E-state index is 5.75. The number of benzene rings is 2. The van der Waals surface area contributed by atoms with Crippen molar-refractivity contribution < 1.29 is 4.74 Å². The minimum Gasteiger partial charge on any atom is -0.494 e. The number of H-pyrrole nitrogens is 1. The second-order valence-electron chi connectivity index (χ2n) is 6.97. The van der Waals surface area contributed by atoms with Crippen LogP contribution in [0.3, 0.4) is 0 Å². The Kier molecular flexibility index (Phi) is 7.19. The standard InChI is InChI=1S/C22H27N5OS/c1-4-5-6-15-28-20-13-7-17(8-14-20)16-23-27-21(24-25-22(27)29)18-9-11-19(12-10-18)26(2)3/h7-14,16H,4-6,15H2,1-3H3,(H,25,29). The number of hydrogen-bond donors (Lipinski definition) is 1. The number of nitrogens with one attached hydrogen (secondary N) is 1.